The number of nitro benzene ring substituents is 1. The summed E-state index contributed by atoms with van der Waals surface area (Å²) < 4.78 is 0.679. The SMILES string of the molecule is O=C(N/N=C/c1cccc([N+](=O)[O-])c1)c1cncc(Br)c1. The van der Waals surface area contributed by atoms with Gasteiger partial charge in [-0.1, -0.05) is 12.1 Å². The molecule has 7 nitrogen and oxygen atoms in total. The molecule has 0 saturated carbocycles. The second kappa shape index (κ2) is 6.71. The van der Waals surface area contributed by atoms with Crippen LogP contribution in [0.1, 0.15) is 15.9 Å². The van der Waals surface area contributed by atoms with Gasteiger partial charge in [0.1, 0.15) is 0 Å². The van der Waals surface area contributed by atoms with Gasteiger partial charge in [0, 0.05) is 34.6 Å². The molecule has 0 aliphatic carbocycles. The molecule has 0 fully saturated rings. The fourth-order valence-corrected chi connectivity index (χ4v) is 1.85. The molecule has 2 rings (SSSR count). The minimum Gasteiger partial charge on any atom is -0.267 e. The van der Waals surface area contributed by atoms with E-state index in [2.05, 4.69) is 31.4 Å². The zero-order chi connectivity index (χ0) is 15.2. The number of carbonyl (C=O) groups excluding carboxylic acids is 1. The monoisotopic (exact) mass is 348 g/mol. The molecule has 1 heterocycles. The summed E-state index contributed by atoms with van der Waals surface area (Å²) in [7, 11) is 0. The van der Waals surface area contributed by atoms with Crippen molar-refractivity contribution in [2.75, 3.05) is 0 Å². The van der Waals surface area contributed by atoms with Gasteiger partial charge in [-0.25, -0.2) is 5.43 Å². The van der Waals surface area contributed by atoms with Crippen LogP contribution in [0.25, 0.3) is 0 Å². The topological polar surface area (TPSA) is 97.5 Å². The number of benzene rings is 1. The lowest BCUT2D eigenvalue weighted by Crippen LogP contribution is -2.17. The number of carbonyl (C=O) groups is 1. The van der Waals surface area contributed by atoms with Gasteiger partial charge in [-0.3, -0.25) is 19.9 Å². The van der Waals surface area contributed by atoms with Gasteiger partial charge in [-0.2, -0.15) is 5.10 Å². The standard InChI is InChI=1S/C13H9BrN4O3/c14-11-5-10(7-15-8-11)13(19)17-16-6-9-2-1-3-12(4-9)18(20)21/h1-8H,(H,17,19)/b16-6+. The molecule has 21 heavy (non-hydrogen) atoms. The fraction of sp³-hybridized carbons (Fsp3) is 0. The van der Waals surface area contributed by atoms with Crippen LogP contribution in [0.15, 0.2) is 52.3 Å². The van der Waals surface area contributed by atoms with E-state index in [0.29, 0.717) is 15.6 Å². The number of hydrazone groups is 1. The van der Waals surface area contributed by atoms with Crippen molar-refractivity contribution in [3.05, 3.63) is 68.4 Å². The lowest BCUT2D eigenvalue weighted by Gasteiger charge is -1.99. The van der Waals surface area contributed by atoms with Gasteiger partial charge in [-0.15, -0.1) is 0 Å². The van der Waals surface area contributed by atoms with Crippen molar-refractivity contribution in [1.29, 1.82) is 0 Å². The van der Waals surface area contributed by atoms with Crippen LogP contribution < -0.4 is 5.43 Å². The Labute approximate surface area is 128 Å². The molecule has 1 aromatic heterocycles. The van der Waals surface area contributed by atoms with E-state index in [1.54, 1.807) is 24.4 Å². The maximum Gasteiger partial charge on any atom is 0.272 e. The van der Waals surface area contributed by atoms with Gasteiger partial charge < -0.3 is 0 Å². The first kappa shape index (κ1) is 14.8. The highest BCUT2D eigenvalue weighted by atomic mass is 79.9. The fourth-order valence-electron chi connectivity index (χ4n) is 1.48. The first-order valence-corrected chi connectivity index (χ1v) is 6.54. The van der Waals surface area contributed by atoms with E-state index in [1.165, 1.54) is 24.5 Å². The summed E-state index contributed by atoms with van der Waals surface area (Å²) in [5, 5.41) is 14.4. The largest absolute Gasteiger partial charge is 0.272 e. The molecule has 0 saturated heterocycles. The number of nitrogens with zero attached hydrogens (tertiary/aromatic N) is 3. The molecule has 0 unspecified atom stereocenters. The molecule has 106 valence electrons. The first-order chi connectivity index (χ1) is 10.1. The second-order valence-corrected chi connectivity index (χ2v) is 4.86. The van der Waals surface area contributed by atoms with E-state index >= 15 is 0 Å². The summed E-state index contributed by atoms with van der Waals surface area (Å²) in [5.41, 5.74) is 3.14. The molecule has 0 radical (unpaired) electrons. The first-order valence-electron chi connectivity index (χ1n) is 5.74. The minimum atomic E-state index is -0.497. The van der Waals surface area contributed by atoms with Crippen molar-refractivity contribution in [3.8, 4) is 0 Å². The van der Waals surface area contributed by atoms with Crippen LogP contribution in [0.4, 0.5) is 5.69 Å². The third-order valence-corrected chi connectivity index (χ3v) is 2.86. The minimum absolute atomic E-state index is 0.0403. The molecule has 8 heteroatoms. The second-order valence-electron chi connectivity index (χ2n) is 3.94. The highest BCUT2D eigenvalue weighted by molar-refractivity contribution is 9.10. The summed E-state index contributed by atoms with van der Waals surface area (Å²) in [4.78, 5) is 25.8. The van der Waals surface area contributed by atoms with Gasteiger partial charge in [0.25, 0.3) is 11.6 Å². The zero-order valence-electron chi connectivity index (χ0n) is 10.6. The summed E-state index contributed by atoms with van der Waals surface area (Å²) in [6.45, 7) is 0. The van der Waals surface area contributed by atoms with E-state index in [1.807, 2.05) is 0 Å². The molecule has 0 spiro atoms. The molecule has 0 atom stereocenters. The zero-order valence-corrected chi connectivity index (χ0v) is 12.1. The Balaban J connectivity index is 2.04. The number of pyridine rings is 1. The number of rotatable bonds is 4. The van der Waals surface area contributed by atoms with E-state index in [9.17, 15) is 14.9 Å². The van der Waals surface area contributed by atoms with E-state index in [-0.39, 0.29) is 5.69 Å². The number of nitro groups is 1. The van der Waals surface area contributed by atoms with Gasteiger partial charge in [0.2, 0.25) is 0 Å². The Morgan fingerprint density at radius 3 is 2.90 bits per heavy atom. The van der Waals surface area contributed by atoms with Gasteiger partial charge in [-0.05, 0) is 22.0 Å². The summed E-state index contributed by atoms with van der Waals surface area (Å²) in [6.07, 6.45) is 4.29. The van der Waals surface area contributed by atoms with Gasteiger partial charge in [0.15, 0.2) is 0 Å². The van der Waals surface area contributed by atoms with Gasteiger partial charge in [0.05, 0.1) is 16.7 Å². The Bertz CT molecular complexity index is 718. The normalized spacial score (nSPS) is 10.5. The average Bonchev–Trinajstić information content (AvgIpc) is 2.47. The van der Waals surface area contributed by atoms with E-state index < -0.39 is 10.8 Å². The van der Waals surface area contributed by atoms with Crippen LogP contribution in [0.5, 0.6) is 0 Å². The molecule has 1 N–H and O–H groups in total. The van der Waals surface area contributed by atoms with Crippen LogP contribution in [-0.2, 0) is 0 Å². The van der Waals surface area contributed by atoms with Crippen molar-refractivity contribution in [3.63, 3.8) is 0 Å². The maximum absolute atomic E-state index is 11.8. The Morgan fingerprint density at radius 2 is 2.19 bits per heavy atom. The highest BCUT2D eigenvalue weighted by Gasteiger charge is 2.06. The Hall–Kier alpha value is -2.61. The molecule has 1 aromatic carbocycles. The third-order valence-electron chi connectivity index (χ3n) is 2.43. The van der Waals surface area contributed by atoms with Crippen LogP contribution in [0.2, 0.25) is 0 Å². The van der Waals surface area contributed by atoms with Crippen molar-refractivity contribution in [2.24, 2.45) is 5.10 Å². The number of halogens is 1. The lowest BCUT2D eigenvalue weighted by molar-refractivity contribution is -0.384. The van der Waals surface area contributed by atoms with Crippen molar-refractivity contribution in [2.45, 2.75) is 0 Å². The molecule has 0 aliphatic rings. The molecule has 0 bridgehead atoms. The Morgan fingerprint density at radius 1 is 1.38 bits per heavy atom. The molecule has 0 aliphatic heterocycles. The Kier molecular flexibility index (Phi) is 4.72. The van der Waals surface area contributed by atoms with Crippen molar-refractivity contribution in [1.82, 2.24) is 10.4 Å². The number of hydrogen-bond acceptors (Lipinski definition) is 5. The summed E-state index contributed by atoms with van der Waals surface area (Å²) >= 11 is 3.21. The van der Waals surface area contributed by atoms with Crippen LogP contribution in [0.3, 0.4) is 0 Å². The number of non-ortho nitro benzene ring substituents is 1. The van der Waals surface area contributed by atoms with Crippen LogP contribution >= 0.6 is 15.9 Å². The number of amides is 1. The number of hydrogen-bond donors (Lipinski definition) is 1. The predicted molar refractivity (Wildman–Crippen MR) is 80.1 cm³/mol. The van der Waals surface area contributed by atoms with Crippen molar-refractivity contribution < 1.29 is 9.72 Å². The predicted octanol–water partition coefficient (Wildman–Crippen LogP) is 2.52. The van der Waals surface area contributed by atoms with Crippen LogP contribution in [0, 0.1) is 10.1 Å². The van der Waals surface area contributed by atoms with E-state index in [4.69, 9.17) is 0 Å². The third kappa shape index (κ3) is 4.18. The van der Waals surface area contributed by atoms with E-state index in [0.717, 1.165) is 0 Å². The van der Waals surface area contributed by atoms with Crippen molar-refractivity contribution >= 4 is 33.7 Å². The molecule has 2 aromatic rings. The molecular weight excluding hydrogens is 340 g/mol. The van der Waals surface area contributed by atoms with Crippen LogP contribution in [-0.4, -0.2) is 22.0 Å². The quantitative estimate of drug-likeness (QED) is 0.521. The highest BCUT2D eigenvalue weighted by Crippen LogP contribution is 2.11. The summed E-state index contributed by atoms with van der Waals surface area (Å²) in [5.74, 6) is -0.425. The number of aromatic nitrogens is 1. The lowest BCUT2D eigenvalue weighted by atomic mass is 10.2. The smallest absolute Gasteiger partial charge is 0.267 e. The number of nitrogens with one attached hydrogen (secondary N) is 1. The average molecular weight is 349 g/mol. The maximum atomic E-state index is 11.8. The molecular formula is C13H9BrN4O3. The molecule has 1 amide bonds. The van der Waals surface area contributed by atoms with Gasteiger partial charge >= 0.3 is 0 Å². The summed E-state index contributed by atoms with van der Waals surface area (Å²) in [6, 6.07) is 7.52.